The van der Waals surface area contributed by atoms with E-state index in [2.05, 4.69) is 142 Å². The zero-order chi connectivity index (χ0) is 26.6. The van der Waals surface area contributed by atoms with E-state index in [0.717, 1.165) is 49.0 Å². The molecule has 40 heavy (non-hydrogen) atoms. The molecule has 0 spiro atoms. The number of hydrogen-bond donors (Lipinski definition) is 0. The third-order valence-corrected chi connectivity index (χ3v) is 8.27. The lowest BCUT2D eigenvalue weighted by Gasteiger charge is -2.12. The molecule has 0 fully saturated rings. The molecule has 0 aliphatic heterocycles. The van der Waals surface area contributed by atoms with Crippen LogP contribution < -0.4 is 0 Å². The number of para-hydroxylation sites is 1. The molecule has 2 aromatic heterocycles. The second-order valence-corrected chi connectivity index (χ2v) is 11.0. The molecule has 0 N–H and O–H groups in total. The van der Waals surface area contributed by atoms with Gasteiger partial charge < -0.3 is 4.57 Å². The van der Waals surface area contributed by atoms with Crippen molar-refractivity contribution in [2.45, 2.75) is 0 Å². The first-order chi connectivity index (χ1) is 19.7. The van der Waals surface area contributed by atoms with E-state index in [-0.39, 0.29) is 0 Å². The summed E-state index contributed by atoms with van der Waals surface area (Å²) in [7, 11) is 0. The summed E-state index contributed by atoms with van der Waals surface area (Å²) >= 11 is 3.54. The Morgan fingerprint density at radius 1 is 0.450 bits per heavy atom. The van der Waals surface area contributed by atoms with Crippen LogP contribution in [0.3, 0.4) is 0 Å². The maximum atomic E-state index is 4.81. The highest BCUT2D eigenvalue weighted by Crippen LogP contribution is 2.37. The minimum absolute atomic E-state index is 0.883. The molecule has 0 radical (unpaired) electrons. The summed E-state index contributed by atoms with van der Waals surface area (Å²) in [6.07, 6.45) is 0. The Labute approximate surface area is 239 Å². The highest BCUT2D eigenvalue weighted by Gasteiger charge is 2.17. The van der Waals surface area contributed by atoms with Gasteiger partial charge in [0.25, 0.3) is 0 Å². The van der Waals surface area contributed by atoms with E-state index in [1.165, 1.54) is 27.1 Å². The summed E-state index contributed by atoms with van der Waals surface area (Å²) in [5.74, 6) is 0. The quantitative estimate of drug-likeness (QED) is 0.210. The lowest BCUT2D eigenvalue weighted by molar-refractivity contribution is 1.06. The second-order valence-electron chi connectivity index (χ2n) is 10.1. The first-order valence-corrected chi connectivity index (χ1v) is 14.1. The first kappa shape index (κ1) is 23.1. The minimum atomic E-state index is 0.883. The van der Waals surface area contributed by atoms with E-state index in [1.807, 2.05) is 12.1 Å². The van der Waals surface area contributed by atoms with Crippen LogP contribution in [0.15, 0.2) is 138 Å². The fourth-order valence-electron chi connectivity index (χ4n) is 5.85. The number of fused-ring (bicyclic) bond motifs is 5. The molecule has 0 aliphatic rings. The summed E-state index contributed by atoms with van der Waals surface area (Å²) in [4.78, 5) is 0. The molecule has 188 valence electrons. The lowest BCUT2D eigenvalue weighted by Crippen LogP contribution is -1.96. The van der Waals surface area contributed by atoms with Crippen molar-refractivity contribution in [3.63, 3.8) is 0 Å². The molecule has 0 saturated carbocycles. The van der Waals surface area contributed by atoms with Crippen molar-refractivity contribution in [2.24, 2.45) is 0 Å². The predicted octanol–water partition coefficient (Wildman–Crippen LogP) is 9.98. The minimum Gasteiger partial charge on any atom is -0.309 e. The van der Waals surface area contributed by atoms with Crippen molar-refractivity contribution in [3.8, 4) is 28.2 Å². The van der Waals surface area contributed by atoms with Crippen molar-refractivity contribution in [3.05, 3.63) is 138 Å². The molecule has 8 rings (SSSR count). The summed E-state index contributed by atoms with van der Waals surface area (Å²) < 4.78 is 3.41. The summed E-state index contributed by atoms with van der Waals surface area (Å²) in [5, 5.41) is 16.6. The summed E-state index contributed by atoms with van der Waals surface area (Å²) in [5.41, 5.74) is 7.34. The Morgan fingerprint density at radius 2 is 1.05 bits per heavy atom. The van der Waals surface area contributed by atoms with Gasteiger partial charge in [0.1, 0.15) is 11.4 Å². The van der Waals surface area contributed by atoms with Crippen LogP contribution in [0, 0.1) is 0 Å². The van der Waals surface area contributed by atoms with Crippen molar-refractivity contribution < 1.29 is 0 Å². The third-order valence-electron chi connectivity index (χ3n) is 7.74. The van der Waals surface area contributed by atoms with Crippen molar-refractivity contribution >= 4 is 59.3 Å². The van der Waals surface area contributed by atoms with E-state index in [9.17, 15) is 0 Å². The van der Waals surface area contributed by atoms with E-state index < -0.39 is 0 Å². The standard InChI is InChI=1S/C36H22BrN3/c37-27-17-13-24(14-18-27)35-31-10-3-4-11-32(31)36(39-38-35)26-16-20-30-29-9-5-6-12-33(29)40(34(30)22-26)28-19-15-23-7-1-2-8-25(23)21-28/h1-22H. The zero-order valence-corrected chi connectivity index (χ0v) is 23.0. The van der Waals surface area contributed by atoms with Crippen LogP contribution in [-0.4, -0.2) is 14.8 Å². The van der Waals surface area contributed by atoms with Gasteiger partial charge in [-0.2, -0.15) is 0 Å². The molecule has 8 aromatic rings. The van der Waals surface area contributed by atoms with Gasteiger partial charge in [-0.15, -0.1) is 10.2 Å². The maximum Gasteiger partial charge on any atom is 0.101 e. The number of aromatic nitrogens is 3. The van der Waals surface area contributed by atoms with Crippen molar-refractivity contribution in [2.75, 3.05) is 0 Å². The monoisotopic (exact) mass is 575 g/mol. The molecule has 2 heterocycles. The van der Waals surface area contributed by atoms with Crippen LogP contribution in [0.25, 0.3) is 71.6 Å². The lowest BCUT2D eigenvalue weighted by atomic mass is 9.99. The number of rotatable bonds is 3. The Kier molecular flexibility index (Phi) is 5.29. The van der Waals surface area contributed by atoms with Crippen LogP contribution in [0.1, 0.15) is 0 Å². The molecule has 6 aromatic carbocycles. The van der Waals surface area contributed by atoms with Gasteiger partial charge in [-0.25, -0.2) is 0 Å². The average Bonchev–Trinajstić information content (AvgIpc) is 3.34. The highest BCUT2D eigenvalue weighted by atomic mass is 79.9. The Bertz CT molecular complexity index is 2230. The number of benzene rings is 6. The second kappa shape index (κ2) is 9.15. The van der Waals surface area contributed by atoms with Gasteiger partial charge in [0, 0.05) is 42.8 Å². The Morgan fingerprint density at radius 3 is 1.82 bits per heavy atom. The van der Waals surface area contributed by atoms with Crippen LogP contribution >= 0.6 is 15.9 Å². The fraction of sp³-hybridized carbons (Fsp3) is 0. The molecule has 0 aliphatic carbocycles. The Balaban J connectivity index is 1.37. The SMILES string of the molecule is Brc1ccc(-c2nnc(-c3ccc4c5ccccc5n(-c5ccc6ccccc6c5)c4c3)c3ccccc23)cc1. The molecule has 0 saturated heterocycles. The predicted molar refractivity (Wildman–Crippen MR) is 170 cm³/mol. The topological polar surface area (TPSA) is 30.7 Å². The first-order valence-electron chi connectivity index (χ1n) is 13.3. The molecular formula is C36H22BrN3. The average molecular weight is 576 g/mol. The number of hydrogen-bond acceptors (Lipinski definition) is 2. The van der Waals surface area contributed by atoms with Gasteiger partial charge in [-0.05, 0) is 47.2 Å². The van der Waals surface area contributed by atoms with Crippen molar-refractivity contribution in [1.29, 1.82) is 0 Å². The van der Waals surface area contributed by atoms with Gasteiger partial charge in [0.15, 0.2) is 0 Å². The largest absolute Gasteiger partial charge is 0.309 e. The number of halogens is 1. The molecule has 0 amide bonds. The van der Waals surface area contributed by atoms with Crippen molar-refractivity contribution in [1.82, 2.24) is 14.8 Å². The Hall–Kier alpha value is -4.80. The maximum absolute atomic E-state index is 4.81. The van der Waals surface area contributed by atoms with Gasteiger partial charge in [-0.1, -0.05) is 113 Å². The van der Waals surface area contributed by atoms with Crippen LogP contribution in [0.4, 0.5) is 0 Å². The van der Waals surface area contributed by atoms with E-state index in [4.69, 9.17) is 10.2 Å². The summed E-state index contributed by atoms with van der Waals surface area (Å²) in [6, 6.07) is 47.1. The van der Waals surface area contributed by atoms with E-state index in [0.29, 0.717) is 0 Å². The smallest absolute Gasteiger partial charge is 0.101 e. The molecule has 0 atom stereocenters. The van der Waals surface area contributed by atoms with E-state index in [1.54, 1.807) is 0 Å². The molecule has 3 nitrogen and oxygen atoms in total. The zero-order valence-electron chi connectivity index (χ0n) is 21.4. The van der Waals surface area contributed by atoms with Crippen LogP contribution in [0.5, 0.6) is 0 Å². The molecule has 0 unspecified atom stereocenters. The highest BCUT2D eigenvalue weighted by molar-refractivity contribution is 9.10. The fourth-order valence-corrected chi connectivity index (χ4v) is 6.11. The summed E-state index contributed by atoms with van der Waals surface area (Å²) in [6.45, 7) is 0. The van der Waals surface area contributed by atoms with Gasteiger partial charge >= 0.3 is 0 Å². The molecule has 4 heteroatoms. The third kappa shape index (κ3) is 3.64. The molecular weight excluding hydrogens is 554 g/mol. The van der Waals surface area contributed by atoms with Gasteiger partial charge in [0.2, 0.25) is 0 Å². The van der Waals surface area contributed by atoms with Gasteiger partial charge in [0.05, 0.1) is 11.0 Å². The van der Waals surface area contributed by atoms with E-state index >= 15 is 0 Å². The van der Waals surface area contributed by atoms with Crippen LogP contribution in [0.2, 0.25) is 0 Å². The number of nitrogens with zero attached hydrogens (tertiary/aromatic N) is 3. The van der Waals surface area contributed by atoms with Gasteiger partial charge in [-0.3, -0.25) is 0 Å². The normalized spacial score (nSPS) is 11.6. The van der Waals surface area contributed by atoms with Crippen LogP contribution in [-0.2, 0) is 0 Å². The molecule has 0 bridgehead atoms.